The Morgan fingerprint density at radius 2 is 1.00 bits per heavy atom. The topological polar surface area (TPSA) is 24.9 Å². The first-order valence-electron chi connectivity index (χ1n) is 11.8. The normalized spacial score (nSPS) is 15.6. The molecule has 0 aromatic heterocycles. The largest absolute Gasteiger partial charge is 0.497 e. The summed E-state index contributed by atoms with van der Waals surface area (Å²) in [4.78, 5) is 5.22. The molecule has 1 aliphatic rings. The Balaban J connectivity index is 1.22. The van der Waals surface area contributed by atoms with Gasteiger partial charge in [-0.3, -0.25) is 0 Å². The third-order valence-electron chi connectivity index (χ3n) is 6.01. The summed E-state index contributed by atoms with van der Waals surface area (Å²) in [7, 11) is 3.40. The molecule has 32 heavy (non-hydrogen) atoms. The van der Waals surface area contributed by atoms with Crippen LogP contribution < -0.4 is 9.47 Å². The van der Waals surface area contributed by atoms with Crippen molar-refractivity contribution in [2.75, 3.05) is 53.5 Å². The summed E-state index contributed by atoms with van der Waals surface area (Å²) < 4.78 is 10.4. The van der Waals surface area contributed by atoms with E-state index in [0.717, 1.165) is 24.3 Å². The van der Waals surface area contributed by atoms with Crippen LogP contribution in [0.25, 0.3) is 12.2 Å². The van der Waals surface area contributed by atoms with Crippen LogP contribution >= 0.6 is 0 Å². The lowest BCUT2D eigenvalue weighted by Gasteiger charge is -2.34. The number of benzene rings is 2. The van der Waals surface area contributed by atoms with Crippen molar-refractivity contribution in [2.45, 2.75) is 25.7 Å². The third kappa shape index (κ3) is 8.52. The molecule has 2 aromatic rings. The van der Waals surface area contributed by atoms with E-state index in [1.54, 1.807) is 14.2 Å². The van der Waals surface area contributed by atoms with E-state index in [1.165, 1.54) is 63.2 Å². The molecule has 1 fully saturated rings. The van der Waals surface area contributed by atoms with Gasteiger partial charge in [0.05, 0.1) is 14.2 Å². The number of ether oxygens (including phenoxy) is 2. The number of allylic oxidation sites excluding steroid dienone is 2. The molecule has 0 unspecified atom stereocenters. The smallest absolute Gasteiger partial charge is 0.118 e. The molecule has 0 saturated carbocycles. The minimum Gasteiger partial charge on any atom is -0.497 e. The van der Waals surface area contributed by atoms with Gasteiger partial charge in [0.1, 0.15) is 11.5 Å². The maximum Gasteiger partial charge on any atom is 0.118 e. The molecule has 0 amide bonds. The average Bonchev–Trinajstić information content (AvgIpc) is 2.85. The average molecular weight is 435 g/mol. The lowest BCUT2D eigenvalue weighted by molar-refractivity contribution is 0.131. The van der Waals surface area contributed by atoms with Crippen LogP contribution in [-0.2, 0) is 0 Å². The third-order valence-corrected chi connectivity index (χ3v) is 6.01. The van der Waals surface area contributed by atoms with Crippen LogP contribution in [0, 0.1) is 0 Å². The van der Waals surface area contributed by atoms with E-state index in [4.69, 9.17) is 9.47 Å². The Kier molecular flexibility index (Phi) is 10.4. The molecule has 3 rings (SSSR count). The number of piperazine rings is 1. The Morgan fingerprint density at radius 1 is 0.625 bits per heavy atom. The van der Waals surface area contributed by atoms with E-state index < -0.39 is 0 Å². The van der Waals surface area contributed by atoms with Crippen LogP contribution in [0.2, 0.25) is 0 Å². The second-order valence-electron chi connectivity index (χ2n) is 8.32. The summed E-state index contributed by atoms with van der Waals surface area (Å²) in [6.07, 6.45) is 13.7. The van der Waals surface area contributed by atoms with Crippen molar-refractivity contribution in [1.29, 1.82) is 0 Å². The minimum absolute atomic E-state index is 0.909. The lowest BCUT2D eigenvalue weighted by Crippen LogP contribution is -2.46. The van der Waals surface area contributed by atoms with Gasteiger partial charge in [0, 0.05) is 26.2 Å². The molecule has 0 bridgehead atoms. The molecular formula is C28H38N2O2. The first-order chi connectivity index (χ1) is 15.8. The zero-order chi connectivity index (χ0) is 22.4. The number of methoxy groups -OCH3 is 2. The molecule has 0 atom stereocenters. The molecular weight excluding hydrogens is 396 g/mol. The highest BCUT2D eigenvalue weighted by Crippen LogP contribution is 2.14. The number of hydrogen-bond donors (Lipinski definition) is 0. The fourth-order valence-corrected chi connectivity index (χ4v) is 3.97. The van der Waals surface area contributed by atoms with Gasteiger partial charge >= 0.3 is 0 Å². The van der Waals surface area contributed by atoms with Gasteiger partial charge in [-0.2, -0.15) is 0 Å². The predicted octanol–water partition coefficient (Wildman–Crippen LogP) is 5.61. The Morgan fingerprint density at radius 3 is 1.34 bits per heavy atom. The summed E-state index contributed by atoms with van der Waals surface area (Å²) in [5.41, 5.74) is 2.47. The van der Waals surface area contributed by atoms with E-state index in [-0.39, 0.29) is 0 Å². The van der Waals surface area contributed by atoms with Crippen LogP contribution in [0.5, 0.6) is 11.5 Å². The van der Waals surface area contributed by atoms with Crippen molar-refractivity contribution < 1.29 is 9.47 Å². The molecule has 1 saturated heterocycles. The number of unbranched alkanes of at least 4 members (excludes halogenated alkanes) is 2. The first kappa shape index (κ1) is 24.1. The molecule has 1 heterocycles. The van der Waals surface area contributed by atoms with Crippen LogP contribution in [-0.4, -0.2) is 63.3 Å². The maximum absolute atomic E-state index is 5.20. The van der Waals surface area contributed by atoms with Crippen LogP contribution in [0.3, 0.4) is 0 Å². The molecule has 0 radical (unpaired) electrons. The van der Waals surface area contributed by atoms with E-state index >= 15 is 0 Å². The predicted molar refractivity (Wildman–Crippen MR) is 135 cm³/mol. The highest BCUT2D eigenvalue weighted by molar-refractivity contribution is 5.51. The molecule has 172 valence electrons. The van der Waals surface area contributed by atoms with Crippen LogP contribution in [0.1, 0.15) is 36.8 Å². The quantitative estimate of drug-likeness (QED) is 0.406. The zero-order valence-electron chi connectivity index (χ0n) is 19.7. The molecule has 4 heteroatoms. The molecule has 0 N–H and O–H groups in total. The van der Waals surface area contributed by atoms with Crippen LogP contribution in [0.15, 0.2) is 60.7 Å². The number of rotatable bonds is 12. The standard InChI is InChI=1S/C28H38N2O2/c1-31-27-15-11-25(12-16-27)9-5-3-7-19-29-21-23-30(24-22-29)20-8-4-6-10-26-13-17-28(32-2)18-14-26/h5-6,9-18H,3-4,7-8,19-24H2,1-2H3/b9-5+,10-6+. The lowest BCUT2D eigenvalue weighted by atomic mass is 10.1. The summed E-state index contributed by atoms with van der Waals surface area (Å²) in [6, 6.07) is 16.4. The monoisotopic (exact) mass is 434 g/mol. The van der Waals surface area contributed by atoms with Gasteiger partial charge in [-0.25, -0.2) is 0 Å². The van der Waals surface area contributed by atoms with Gasteiger partial charge in [0.2, 0.25) is 0 Å². The van der Waals surface area contributed by atoms with Gasteiger partial charge in [0.25, 0.3) is 0 Å². The minimum atomic E-state index is 0.909. The molecule has 0 spiro atoms. The zero-order valence-corrected chi connectivity index (χ0v) is 19.7. The van der Waals surface area contributed by atoms with Gasteiger partial charge < -0.3 is 19.3 Å². The summed E-state index contributed by atoms with van der Waals surface area (Å²) in [5.74, 6) is 1.82. The molecule has 1 aliphatic heterocycles. The van der Waals surface area contributed by atoms with E-state index in [1.807, 2.05) is 24.3 Å². The van der Waals surface area contributed by atoms with Gasteiger partial charge in [-0.05, 0) is 74.2 Å². The SMILES string of the molecule is COc1ccc(/C=C/CCCN2CCN(CCC/C=C/c3ccc(OC)cc3)CC2)cc1. The Bertz CT molecular complexity index is 748. The van der Waals surface area contributed by atoms with Gasteiger partial charge in [-0.15, -0.1) is 0 Å². The van der Waals surface area contributed by atoms with Gasteiger partial charge in [-0.1, -0.05) is 48.6 Å². The number of hydrogen-bond acceptors (Lipinski definition) is 4. The summed E-state index contributed by atoms with van der Waals surface area (Å²) >= 11 is 0. The highest BCUT2D eigenvalue weighted by Gasteiger charge is 2.15. The maximum atomic E-state index is 5.20. The van der Waals surface area contributed by atoms with Gasteiger partial charge in [0.15, 0.2) is 0 Å². The van der Waals surface area contributed by atoms with E-state index in [0.29, 0.717) is 0 Å². The highest BCUT2D eigenvalue weighted by atomic mass is 16.5. The molecule has 4 nitrogen and oxygen atoms in total. The van der Waals surface area contributed by atoms with Crippen molar-refractivity contribution in [2.24, 2.45) is 0 Å². The fourth-order valence-electron chi connectivity index (χ4n) is 3.97. The molecule has 0 aliphatic carbocycles. The number of nitrogens with zero attached hydrogens (tertiary/aromatic N) is 2. The first-order valence-corrected chi connectivity index (χ1v) is 11.8. The summed E-state index contributed by atoms with van der Waals surface area (Å²) in [5, 5.41) is 0. The van der Waals surface area contributed by atoms with Crippen LogP contribution in [0.4, 0.5) is 0 Å². The van der Waals surface area contributed by atoms with Crippen molar-refractivity contribution >= 4 is 12.2 Å². The van der Waals surface area contributed by atoms with Crippen molar-refractivity contribution in [3.63, 3.8) is 0 Å². The summed E-state index contributed by atoms with van der Waals surface area (Å²) in [6.45, 7) is 7.19. The van der Waals surface area contributed by atoms with E-state index in [2.05, 4.69) is 58.4 Å². The second kappa shape index (κ2) is 13.8. The Labute approximate surface area is 194 Å². The van der Waals surface area contributed by atoms with E-state index in [9.17, 15) is 0 Å². The van der Waals surface area contributed by atoms with Crippen molar-refractivity contribution in [3.8, 4) is 11.5 Å². The second-order valence-corrected chi connectivity index (χ2v) is 8.32. The Hall–Kier alpha value is -2.56. The van der Waals surface area contributed by atoms with Crippen molar-refractivity contribution in [3.05, 3.63) is 71.8 Å². The molecule has 2 aromatic carbocycles. The van der Waals surface area contributed by atoms with Crippen molar-refractivity contribution in [1.82, 2.24) is 9.80 Å². The fraction of sp³-hybridized carbons (Fsp3) is 0.429.